The van der Waals surface area contributed by atoms with E-state index in [1.165, 1.54) is 23.5 Å². The molecule has 1 amide bonds. The minimum atomic E-state index is -3.08. The molecule has 2 aromatic heterocycles. The van der Waals surface area contributed by atoms with Crippen LogP contribution in [0, 0.1) is 5.82 Å². The standard InChI is InChI=1S/C19H18FN3O3S2/c20-14-5-3-13(4-6-14)11-21-19(24)16-10-17(18-2-1-8-27-18)23(22-16)15-7-9-28(25,26)12-15/h1-6,8,10,15H,7,9,11-12H2,(H,21,24)/t15-/m0/s1. The van der Waals surface area contributed by atoms with Crippen molar-refractivity contribution in [2.45, 2.75) is 19.0 Å². The van der Waals surface area contributed by atoms with Crippen LogP contribution in [0.2, 0.25) is 0 Å². The Balaban J connectivity index is 1.58. The smallest absolute Gasteiger partial charge is 0.272 e. The van der Waals surface area contributed by atoms with E-state index in [2.05, 4.69) is 10.4 Å². The van der Waals surface area contributed by atoms with E-state index in [0.29, 0.717) is 6.42 Å². The lowest BCUT2D eigenvalue weighted by molar-refractivity contribution is 0.0945. The molecule has 1 saturated heterocycles. The summed E-state index contributed by atoms with van der Waals surface area (Å²) < 4.78 is 38.4. The second-order valence-corrected chi connectivity index (χ2v) is 9.88. The zero-order valence-electron chi connectivity index (χ0n) is 14.8. The molecular formula is C19H18FN3O3S2. The summed E-state index contributed by atoms with van der Waals surface area (Å²) in [6.45, 7) is 0.248. The molecule has 4 rings (SSSR count). The highest BCUT2D eigenvalue weighted by Crippen LogP contribution is 2.32. The Hall–Kier alpha value is -2.52. The van der Waals surface area contributed by atoms with Gasteiger partial charge in [-0.1, -0.05) is 18.2 Å². The molecule has 0 aliphatic carbocycles. The van der Waals surface area contributed by atoms with Crippen molar-refractivity contribution in [1.29, 1.82) is 0 Å². The number of benzene rings is 1. The number of aromatic nitrogens is 2. The fourth-order valence-electron chi connectivity index (χ4n) is 3.24. The zero-order chi connectivity index (χ0) is 19.7. The third-order valence-electron chi connectivity index (χ3n) is 4.66. The maximum absolute atomic E-state index is 13.0. The highest BCUT2D eigenvalue weighted by Gasteiger charge is 2.32. The molecular weight excluding hydrogens is 401 g/mol. The third kappa shape index (κ3) is 4.00. The van der Waals surface area contributed by atoms with Crippen LogP contribution in [0.3, 0.4) is 0 Å². The molecule has 9 heteroatoms. The molecule has 0 radical (unpaired) electrons. The van der Waals surface area contributed by atoms with Crippen molar-refractivity contribution < 1.29 is 17.6 Å². The molecule has 28 heavy (non-hydrogen) atoms. The van der Waals surface area contributed by atoms with Crippen LogP contribution in [-0.2, 0) is 16.4 Å². The molecule has 3 heterocycles. The van der Waals surface area contributed by atoms with Gasteiger partial charge in [0.25, 0.3) is 5.91 Å². The molecule has 146 valence electrons. The number of thiophene rings is 1. The molecule has 1 fully saturated rings. The first-order valence-corrected chi connectivity index (χ1v) is 11.5. The van der Waals surface area contributed by atoms with Gasteiger partial charge in [0.1, 0.15) is 5.82 Å². The number of nitrogens with one attached hydrogen (secondary N) is 1. The van der Waals surface area contributed by atoms with Crippen LogP contribution in [-0.4, -0.2) is 35.6 Å². The van der Waals surface area contributed by atoms with Crippen LogP contribution in [0.4, 0.5) is 4.39 Å². The van der Waals surface area contributed by atoms with Gasteiger partial charge in [-0.3, -0.25) is 9.48 Å². The number of sulfone groups is 1. The Morgan fingerprint density at radius 3 is 2.71 bits per heavy atom. The van der Waals surface area contributed by atoms with Gasteiger partial charge in [0.15, 0.2) is 15.5 Å². The van der Waals surface area contributed by atoms with Gasteiger partial charge in [-0.2, -0.15) is 5.10 Å². The van der Waals surface area contributed by atoms with E-state index in [1.807, 2.05) is 17.5 Å². The second kappa shape index (κ2) is 7.48. The molecule has 1 aliphatic rings. The summed E-state index contributed by atoms with van der Waals surface area (Å²) >= 11 is 1.51. The normalized spacial score (nSPS) is 18.2. The number of hydrogen-bond acceptors (Lipinski definition) is 5. The topological polar surface area (TPSA) is 81.1 Å². The molecule has 1 atom stereocenters. The first-order chi connectivity index (χ1) is 13.4. The van der Waals surface area contributed by atoms with Crippen molar-refractivity contribution in [3.05, 3.63) is 64.9 Å². The predicted molar refractivity (Wildman–Crippen MR) is 105 cm³/mol. The maximum atomic E-state index is 13.0. The second-order valence-electron chi connectivity index (χ2n) is 6.70. The van der Waals surface area contributed by atoms with E-state index in [-0.39, 0.29) is 41.5 Å². The van der Waals surface area contributed by atoms with Gasteiger partial charge in [-0.25, -0.2) is 12.8 Å². The molecule has 0 saturated carbocycles. The average Bonchev–Trinajstić information content (AvgIpc) is 3.39. The summed E-state index contributed by atoms with van der Waals surface area (Å²) in [6, 6.07) is 11.1. The predicted octanol–water partition coefficient (Wildman–Crippen LogP) is 3.04. The fourth-order valence-corrected chi connectivity index (χ4v) is 5.66. The summed E-state index contributed by atoms with van der Waals surface area (Å²) in [5.74, 6) is -0.528. The van der Waals surface area contributed by atoms with Crippen molar-refractivity contribution in [3.63, 3.8) is 0 Å². The van der Waals surface area contributed by atoms with Gasteiger partial charge in [-0.05, 0) is 41.6 Å². The Kier molecular flexibility index (Phi) is 5.03. The Morgan fingerprint density at radius 2 is 2.07 bits per heavy atom. The number of carbonyl (C=O) groups excluding carboxylic acids is 1. The summed E-state index contributed by atoms with van der Waals surface area (Å²) in [5.41, 5.74) is 1.74. The van der Waals surface area contributed by atoms with Crippen molar-refractivity contribution in [1.82, 2.24) is 15.1 Å². The maximum Gasteiger partial charge on any atom is 0.272 e. The van der Waals surface area contributed by atoms with Gasteiger partial charge >= 0.3 is 0 Å². The Bertz CT molecular complexity index is 1090. The lowest BCUT2D eigenvalue weighted by Gasteiger charge is -2.12. The van der Waals surface area contributed by atoms with Crippen LogP contribution in [0.25, 0.3) is 10.6 Å². The van der Waals surface area contributed by atoms with Crippen LogP contribution in [0.5, 0.6) is 0 Å². The number of amides is 1. The highest BCUT2D eigenvalue weighted by molar-refractivity contribution is 7.91. The van der Waals surface area contributed by atoms with Gasteiger partial charge in [0.2, 0.25) is 0 Å². The number of nitrogens with zero attached hydrogens (tertiary/aromatic N) is 2. The lowest BCUT2D eigenvalue weighted by atomic mass is 10.2. The number of rotatable bonds is 5. The minimum Gasteiger partial charge on any atom is -0.347 e. The summed E-state index contributed by atoms with van der Waals surface area (Å²) in [4.78, 5) is 13.5. The summed E-state index contributed by atoms with van der Waals surface area (Å²) in [7, 11) is -3.08. The lowest BCUT2D eigenvalue weighted by Crippen LogP contribution is -2.24. The molecule has 0 spiro atoms. The van der Waals surface area contributed by atoms with E-state index in [0.717, 1.165) is 16.1 Å². The molecule has 0 unspecified atom stereocenters. The minimum absolute atomic E-state index is 0.0314. The van der Waals surface area contributed by atoms with Gasteiger partial charge in [-0.15, -0.1) is 11.3 Å². The highest BCUT2D eigenvalue weighted by atomic mass is 32.2. The van der Waals surface area contributed by atoms with E-state index in [1.54, 1.807) is 22.9 Å². The first-order valence-electron chi connectivity index (χ1n) is 8.78. The average molecular weight is 420 g/mol. The molecule has 6 nitrogen and oxygen atoms in total. The first kappa shape index (κ1) is 18.8. The van der Waals surface area contributed by atoms with E-state index >= 15 is 0 Å². The Morgan fingerprint density at radius 1 is 1.29 bits per heavy atom. The third-order valence-corrected chi connectivity index (χ3v) is 7.31. The molecule has 0 bridgehead atoms. The summed E-state index contributed by atoms with van der Waals surface area (Å²) in [5, 5.41) is 9.13. The largest absolute Gasteiger partial charge is 0.347 e. The molecule has 1 N–H and O–H groups in total. The van der Waals surface area contributed by atoms with Gasteiger partial charge in [0.05, 0.1) is 28.1 Å². The van der Waals surface area contributed by atoms with Crippen molar-refractivity contribution in [2.24, 2.45) is 0 Å². The molecule has 3 aromatic rings. The van der Waals surface area contributed by atoms with Crippen LogP contribution in [0.15, 0.2) is 47.8 Å². The quantitative estimate of drug-likeness (QED) is 0.689. The monoisotopic (exact) mass is 419 g/mol. The van der Waals surface area contributed by atoms with Crippen molar-refractivity contribution in [2.75, 3.05) is 11.5 Å². The van der Waals surface area contributed by atoms with Gasteiger partial charge < -0.3 is 5.32 Å². The fraction of sp³-hybridized carbons (Fsp3) is 0.263. The number of hydrogen-bond donors (Lipinski definition) is 1. The van der Waals surface area contributed by atoms with E-state index in [4.69, 9.17) is 0 Å². The van der Waals surface area contributed by atoms with Crippen LogP contribution < -0.4 is 5.32 Å². The van der Waals surface area contributed by atoms with Crippen LogP contribution in [0.1, 0.15) is 28.5 Å². The zero-order valence-corrected chi connectivity index (χ0v) is 16.5. The van der Waals surface area contributed by atoms with Gasteiger partial charge in [0, 0.05) is 6.54 Å². The molecule has 1 aromatic carbocycles. The Labute approximate surface area is 165 Å². The molecule has 1 aliphatic heterocycles. The number of carbonyl (C=O) groups is 1. The SMILES string of the molecule is O=C(NCc1ccc(F)cc1)c1cc(-c2cccs2)n([C@H]2CCS(=O)(=O)C2)n1. The summed E-state index contributed by atoms with van der Waals surface area (Å²) in [6.07, 6.45) is 0.485. The van der Waals surface area contributed by atoms with Crippen molar-refractivity contribution in [3.8, 4) is 10.6 Å². The van der Waals surface area contributed by atoms with Crippen LogP contribution >= 0.6 is 11.3 Å². The number of halogens is 1. The van der Waals surface area contributed by atoms with E-state index in [9.17, 15) is 17.6 Å². The van der Waals surface area contributed by atoms with Crippen molar-refractivity contribution >= 4 is 27.1 Å². The van der Waals surface area contributed by atoms with E-state index < -0.39 is 9.84 Å².